The Balaban J connectivity index is 1.20. The van der Waals surface area contributed by atoms with E-state index >= 15 is 0 Å². The van der Waals surface area contributed by atoms with Crippen LogP contribution in [0.2, 0.25) is 0 Å². The standard InChI is InChI=1S/C56H49N/c1-54(2,3)40-25-31-49-47(34-40)46-30-28-42(35-51(46)56(49,6)7)57(41-26-21-37(22-27-41)36-15-9-8-10-16-36)52-32-24-38-17-11-12-18-43(38)53(52)39-23-29-45-44-19-13-14-20-48(44)55(4,5)50(45)33-39/h8-35H,1-7H3. The van der Waals surface area contributed by atoms with Crippen molar-refractivity contribution >= 4 is 27.8 Å². The van der Waals surface area contributed by atoms with Gasteiger partial charge in [-0.3, -0.25) is 0 Å². The largest absolute Gasteiger partial charge is 0.310 e. The molecule has 0 heterocycles. The van der Waals surface area contributed by atoms with Gasteiger partial charge in [-0.05, 0) is 119 Å². The van der Waals surface area contributed by atoms with Gasteiger partial charge < -0.3 is 4.90 Å². The molecule has 0 aromatic heterocycles. The van der Waals surface area contributed by atoms with Gasteiger partial charge in [-0.1, -0.05) is 182 Å². The first-order valence-corrected chi connectivity index (χ1v) is 20.4. The zero-order chi connectivity index (χ0) is 39.3. The van der Waals surface area contributed by atoms with Crippen LogP contribution in [0.4, 0.5) is 17.1 Å². The van der Waals surface area contributed by atoms with Crippen LogP contribution in [0.25, 0.3) is 55.3 Å². The molecule has 8 aromatic rings. The van der Waals surface area contributed by atoms with Gasteiger partial charge in [0.1, 0.15) is 0 Å². The quantitative estimate of drug-likeness (QED) is 0.170. The summed E-state index contributed by atoms with van der Waals surface area (Å²) < 4.78 is 0. The lowest BCUT2D eigenvalue weighted by atomic mass is 9.80. The van der Waals surface area contributed by atoms with Crippen LogP contribution in [0.15, 0.2) is 170 Å². The van der Waals surface area contributed by atoms with E-state index in [1.54, 1.807) is 0 Å². The molecule has 0 saturated heterocycles. The Morgan fingerprint density at radius 2 is 0.982 bits per heavy atom. The van der Waals surface area contributed by atoms with Gasteiger partial charge in [-0.15, -0.1) is 0 Å². The molecule has 0 saturated carbocycles. The van der Waals surface area contributed by atoms with E-state index in [2.05, 4.69) is 223 Å². The Morgan fingerprint density at radius 3 is 1.75 bits per heavy atom. The first-order valence-electron chi connectivity index (χ1n) is 20.4. The van der Waals surface area contributed by atoms with Gasteiger partial charge in [0.2, 0.25) is 0 Å². The smallest absolute Gasteiger partial charge is 0.0546 e. The lowest BCUT2D eigenvalue weighted by Crippen LogP contribution is -2.17. The van der Waals surface area contributed by atoms with Gasteiger partial charge >= 0.3 is 0 Å². The molecule has 1 heteroatoms. The maximum atomic E-state index is 2.50. The number of benzene rings is 8. The van der Waals surface area contributed by atoms with Crippen molar-refractivity contribution in [2.24, 2.45) is 0 Å². The molecule has 10 rings (SSSR count). The van der Waals surface area contributed by atoms with Crippen molar-refractivity contribution in [3.8, 4) is 44.5 Å². The van der Waals surface area contributed by atoms with E-state index in [0.29, 0.717) is 0 Å². The average Bonchev–Trinajstić information content (AvgIpc) is 3.59. The summed E-state index contributed by atoms with van der Waals surface area (Å²) in [5, 5.41) is 2.48. The Kier molecular flexibility index (Phi) is 7.83. The van der Waals surface area contributed by atoms with Crippen molar-refractivity contribution < 1.29 is 0 Å². The summed E-state index contributed by atoms with van der Waals surface area (Å²) >= 11 is 0. The second kappa shape index (κ2) is 12.7. The molecule has 0 aliphatic heterocycles. The van der Waals surface area contributed by atoms with Crippen LogP contribution in [0.3, 0.4) is 0 Å². The number of fused-ring (bicyclic) bond motifs is 7. The van der Waals surface area contributed by atoms with Crippen LogP contribution in [0, 0.1) is 0 Å². The van der Waals surface area contributed by atoms with Crippen LogP contribution in [-0.4, -0.2) is 0 Å². The summed E-state index contributed by atoms with van der Waals surface area (Å²) in [5.41, 5.74) is 20.5. The highest BCUT2D eigenvalue weighted by Gasteiger charge is 2.38. The molecule has 0 amide bonds. The van der Waals surface area contributed by atoms with Crippen LogP contribution >= 0.6 is 0 Å². The lowest BCUT2D eigenvalue weighted by Gasteiger charge is -2.31. The average molecular weight is 736 g/mol. The van der Waals surface area contributed by atoms with Crippen molar-refractivity contribution in [1.82, 2.24) is 0 Å². The molecule has 2 aliphatic rings. The van der Waals surface area contributed by atoms with Gasteiger partial charge in [0.25, 0.3) is 0 Å². The Bertz CT molecular complexity index is 2870. The molecule has 1 nitrogen and oxygen atoms in total. The SMILES string of the molecule is CC(C)(C)c1ccc2c(c1)-c1ccc(N(c3ccc(-c4ccccc4)cc3)c3ccc4ccccc4c3-c3ccc4c(c3)C(C)(C)c3ccccc3-4)cc1C2(C)C. The van der Waals surface area contributed by atoms with Crippen molar-refractivity contribution in [3.05, 3.63) is 198 Å². The van der Waals surface area contributed by atoms with E-state index in [9.17, 15) is 0 Å². The minimum absolute atomic E-state index is 0.0760. The van der Waals surface area contributed by atoms with E-state index in [-0.39, 0.29) is 16.2 Å². The molecular formula is C56H49N. The van der Waals surface area contributed by atoms with Crippen molar-refractivity contribution in [2.75, 3.05) is 4.90 Å². The predicted octanol–water partition coefficient (Wildman–Crippen LogP) is 15.6. The number of nitrogens with zero attached hydrogens (tertiary/aromatic N) is 1. The molecule has 0 spiro atoms. The fraction of sp³-hybridized carbons (Fsp3) is 0.179. The third kappa shape index (κ3) is 5.51. The highest BCUT2D eigenvalue weighted by Crippen LogP contribution is 2.54. The highest BCUT2D eigenvalue weighted by molar-refractivity contribution is 6.06. The Labute approximate surface area is 338 Å². The zero-order valence-electron chi connectivity index (χ0n) is 34.1. The van der Waals surface area contributed by atoms with Gasteiger partial charge in [0.15, 0.2) is 0 Å². The predicted molar refractivity (Wildman–Crippen MR) is 243 cm³/mol. The number of rotatable bonds is 5. The van der Waals surface area contributed by atoms with E-state index in [1.165, 1.54) is 83.1 Å². The summed E-state index contributed by atoms with van der Waals surface area (Å²) in [7, 11) is 0. The summed E-state index contributed by atoms with van der Waals surface area (Å²) in [6.07, 6.45) is 0. The molecule has 57 heavy (non-hydrogen) atoms. The second-order valence-corrected chi connectivity index (χ2v) is 18.2. The van der Waals surface area contributed by atoms with Gasteiger partial charge in [0.05, 0.1) is 5.69 Å². The zero-order valence-corrected chi connectivity index (χ0v) is 34.1. The van der Waals surface area contributed by atoms with Crippen LogP contribution in [0.5, 0.6) is 0 Å². The molecule has 0 bridgehead atoms. The van der Waals surface area contributed by atoms with Gasteiger partial charge in [-0.2, -0.15) is 0 Å². The molecule has 2 aliphatic carbocycles. The van der Waals surface area contributed by atoms with Crippen LogP contribution in [0.1, 0.15) is 76.3 Å². The molecule has 278 valence electrons. The summed E-state index contributed by atoms with van der Waals surface area (Å²) in [5.74, 6) is 0. The van der Waals surface area contributed by atoms with Crippen molar-refractivity contribution in [2.45, 2.75) is 64.7 Å². The lowest BCUT2D eigenvalue weighted by molar-refractivity contribution is 0.589. The van der Waals surface area contributed by atoms with E-state index in [4.69, 9.17) is 0 Å². The first kappa shape index (κ1) is 35.2. The van der Waals surface area contributed by atoms with E-state index in [1.807, 2.05) is 0 Å². The van der Waals surface area contributed by atoms with E-state index < -0.39 is 0 Å². The fourth-order valence-electron chi connectivity index (χ4n) is 9.82. The Morgan fingerprint density at radius 1 is 0.404 bits per heavy atom. The third-order valence-electron chi connectivity index (χ3n) is 13.0. The van der Waals surface area contributed by atoms with E-state index in [0.717, 1.165) is 17.1 Å². The van der Waals surface area contributed by atoms with Crippen molar-refractivity contribution in [3.63, 3.8) is 0 Å². The third-order valence-corrected chi connectivity index (χ3v) is 13.0. The molecule has 0 unspecified atom stereocenters. The molecule has 0 N–H and O–H groups in total. The molecule has 8 aromatic carbocycles. The van der Waals surface area contributed by atoms with Gasteiger partial charge in [-0.25, -0.2) is 0 Å². The Hall–Kier alpha value is -6.18. The second-order valence-electron chi connectivity index (χ2n) is 18.2. The first-order chi connectivity index (χ1) is 27.4. The molecular weight excluding hydrogens is 687 g/mol. The van der Waals surface area contributed by atoms with Gasteiger partial charge in [0, 0.05) is 27.8 Å². The normalized spacial score (nSPS) is 14.5. The number of anilines is 3. The maximum Gasteiger partial charge on any atom is 0.0546 e. The van der Waals surface area contributed by atoms with Crippen LogP contribution in [-0.2, 0) is 16.2 Å². The molecule has 0 fully saturated rings. The molecule has 0 atom stereocenters. The van der Waals surface area contributed by atoms with Crippen molar-refractivity contribution in [1.29, 1.82) is 0 Å². The maximum absolute atomic E-state index is 2.50. The number of hydrogen-bond donors (Lipinski definition) is 0. The highest BCUT2D eigenvalue weighted by atomic mass is 15.1. The summed E-state index contributed by atoms with van der Waals surface area (Å²) in [4.78, 5) is 2.50. The minimum Gasteiger partial charge on any atom is -0.310 e. The summed E-state index contributed by atoms with van der Waals surface area (Å²) in [6.45, 7) is 16.5. The monoisotopic (exact) mass is 735 g/mol. The fourth-order valence-corrected chi connectivity index (χ4v) is 9.82. The topological polar surface area (TPSA) is 3.24 Å². The van der Waals surface area contributed by atoms with Crippen LogP contribution < -0.4 is 4.90 Å². The summed E-state index contributed by atoms with van der Waals surface area (Å²) in [6, 6.07) is 63.8. The minimum atomic E-state index is -0.146. The number of hydrogen-bond acceptors (Lipinski definition) is 1. The molecule has 0 radical (unpaired) electrons.